The van der Waals surface area contributed by atoms with Crippen LogP contribution >= 0.6 is 11.3 Å². The lowest BCUT2D eigenvalue weighted by atomic mass is 10.2. The van der Waals surface area contributed by atoms with E-state index in [4.69, 9.17) is 0 Å². The summed E-state index contributed by atoms with van der Waals surface area (Å²) in [5.74, 6) is -0.444. The van der Waals surface area contributed by atoms with E-state index >= 15 is 0 Å². The maximum Gasteiger partial charge on any atom is 0.325 e. The van der Waals surface area contributed by atoms with Crippen molar-refractivity contribution in [3.8, 4) is 0 Å². The Balaban J connectivity index is 1.58. The van der Waals surface area contributed by atoms with E-state index in [2.05, 4.69) is 30.6 Å². The lowest BCUT2D eigenvalue weighted by molar-refractivity contribution is -0.116. The number of benzene rings is 1. The summed E-state index contributed by atoms with van der Waals surface area (Å²) in [4.78, 5) is 49.4. The van der Waals surface area contributed by atoms with Gasteiger partial charge in [0.2, 0.25) is 5.91 Å². The molecule has 0 saturated carbocycles. The van der Waals surface area contributed by atoms with Gasteiger partial charge in [0.25, 0.3) is 5.91 Å². The molecule has 0 aliphatic carbocycles. The fourth-order valence-corrected chi connectivity index (χ4v) is 3.71. The van der Waals surface area contributed by atoms with Crippen molar-refractivity contribution in [1.82, 2.24) is 19.9 Å². The Morgan fingerprint density at radius 3 is 2.86 bits per heavy atom. The number of pyridine rings is 1. The number of aromatic nitrogens is 4. The molecule has 0 aliphatic heterocycles. The first-order valence-electron chi connectivity index (χ1n) is 8.62. The third kappa shape index (κ3) is 3.49. The SMILES string of the molecule is CCCC(=O)Nc1nc2ccc(NC(=O)c3ccnc4[nH]c(=O)[nH]c34)cc2s1. The highest BCUT2D eigenvalue weighted by Gasteiger charge is 2.14. The topological polar surface area (TPSA) is 133 Å². The van der Waals surface area contributed by atoms with Crippen molar-refractivity contribution in [2.24, 2.45) is 0 Å². The minimum atomic E-state index is -0.425. The van der Waals surface area contributed by atoms with Gasteiger partial charge in [-0.25, -0.2) is 14.8 Å². The van der Waals surface area contributed by atoms with Gasteiger partial charge in [0.15, 0.2) is 10.8 Å². The van der Waals surface area contributed by atoms with Gasteiger partial charge in [0, 0.05) is 18.3 Å². The third-order valence-corrected chi connectivity index (χ3v) is 4.97. The lowest BCUT2D eigenvalue weighted by Gasteiger charge is -2.05. The summed E-state index contributed by atoms with van der Waals surface area (Å²) in [5.41, 5.74) is 1.87. The number of carbonyl (C=O) groups excluding carboxylic acids is 2. The number of H-pyrrole nitrogens is 2. The zero-order valence-electron chi connectivity index (χ0n) is 14.8. The molecule has 0 spiro atoms. The van der Waals surface area contributed by atoms with Gasteiger partial charge in [-0.1, -0.05) is 18.3 Å². The van der Waals surface area contributed by atoms with Crippen molar-refractivity contribution in [3.63, 3.8) is 0 Å². The Bertz CT molecular complexity index is 1260. The number of nitrogens with one attached hydrogen (secondary N) is 4. The Morgan fingerprint density at radius 2 is 2.04 bits per heavy atom. The average Bonchev–Trinajstić information content (AvgIpc) is 3.22. The van der Waals surface area contributed by atoms with Gasteiger partial charge < -0.3 is 15.6 Å². The molecule has 0 bridgehead atoms. The summed E-state index contributed by atoms with van der Waals surface area (Å²) in [6.07, 6.45) is 2.67. The number of imidazole rings is 1. The molecule has 4 N–H and O–H groups in total. The minimum Gasteiger partial charge on any atom is -0.322 e. The van der Waals surface area contributed by atoms with Gasteiger partial charge in [-0.2, -0.15) is 0 Å². The van der Waals surface area contributed by atoms with Crippen molar-refractivity contribution in [1.29, 1.82) is 0 Å². The summed E-state index contributed by atoms with van der Waals surface area (Å²) in [5, 5.41) is 6.11. The second kappa shape index (κ2) is 7.24. The van der Waals surface area contributed by atoms with Crippen LogP contribution in [0, 0.1) is 0 Å². The summed E-state index contributed by atoms with van der Waals surface area (Å²) >= 11 is 1.34. The summed E-state index contributed by atoms with van der Waals surface area (Å²) in [7, 11) is 0. The Labute approximate surface area is 162 Å². The van der Waals surface area contributed by atoms with Crippen LogP contribution in [-0.2, 0) is 4.79 Å². The van der Waals surface area contributed by atoms with Crippen LogP contribution < -0.4 is 16.3 Å². The largest absolute Gasteiger partial charge is 0.325 e. The molecular weight excluding hydrogens is 380 g/mol. The molecule has 0 saturated heterocycles. The molecule has 0 aliphatic rings. The first-order valence-corrected chi connectivity index (χ1v) is 9.44. The van der Waals surface area contributed by atoms with Crippen LogP contribution in [0.25, 0.3) is 21.4 Å². The van der Waals surface area contributed by atoms with Crippen molar-refractivity contribution in [2.75, 3.05) is 10.6 Å². The van der Waals surface area contributed by atoms with Crippen LogP contribution in [0.5, 0.6) is 0 Å². The lowest BCUT2D eigenvalue weighted by Crippen LogP contribution is -2.12. The van der Waals surface area contributed by atoms with Gasteiger partial charge in [-0.3, -0.25) is 14.6 Å². The zero-order valence-corrected chi connectivity index (χ0v) is 15.6. The van der Waals surface area contributed by atoms with Crippen LogP contribution in [0.2, 0.25) is 0 Å². The molecule has 0 fully saturated rings. The van der Waals surface area contributed by atoms with E-state index in [1.807, 2.05) is 6.92 Å². The second-order valence-electron chi connectivity index (χ2n) is 6.12. The highest BCUT2D eigenvalue weighted by atomic mass is 32.1. The normalized spacial score (nSPS) is 11.0. The number of hydrogen-bond donors (Lipinski definition) is 4. The Hall–Kier alpha value is -3.53. The van der Waals surface area contributed by atoms with E-state index in [-0.39, 0.29) is 11.8 Å². The van der Waals surface area contributed by atoms with Gasteiger partial charge in [0.05, 0.1) is 21.3 Å². The van der Waals surface area contributed by atoms with Crippen LogP contribution in [-0.4, -0.2) is 31.8 Å². The van der Waals surface area contributed by atoms with E-state index in [1.165, 1.54) is 23.6 Å². The maximum absolute atomic E-state index is 12.7. The first kappa shape index (κ1) is 17.9. The predicted molar refractivity (Wildman–Crippen MR) is 108 cm³/mol. The monoisotopic (exact) mass is 396 g/mol. The second-order valence-corrected chi connectivity index (χ2v) is 7.15. The molecule has 142 valence electrons. The number of aromatic amines is 2. The minimum absolute atomic E-state index is 0.0720. The predicted octanol–water partition coefficient (Wildman–Crippen LogP) is 2.85. The number of anilines is 2. The number of amides is 2. The molecule has 3 aromatic heterocycles. The van der Waals surface area contributed by atoms with Crippen LogP contribution in [0.1, 0.15) is 30.1 Å². The van der Waals surface area contributed by atoms with Gasteiger partial charge in [0.1, 0.15) is 0 Å². The summed E-state index contributed by atoms with van der Waals surface area (Å²) in [6.45, 7) is 1.94. The standard InChI is InChI=1S/C18H16N6O3S/c1-2-3-13(25)22-18-21-11-5-4-9(8-12(11)28-18)20-16(26)10-6-7-19-15-14(10)23-17(27)24-15/h4-8H,2-3H2,1H3,(H,20,26)(H,21,22,25)(H2,19,23,24,27). The molecule has 9 nitrogen and oxygen atoms in total. The highest BCUT2D eigenvalue weighted by molar-refractivity contribution is 7.22. The molecular formula is C18H16N6O3S. The van der Waals surface area contributed by atoms with Crippen molar-refractivity contribution < 1.29 is 9.59 Å². The Morgan fingerprint density at radius 1 is 1.18 bits per heavy atom. The van der Waals surface area contributed by atoms with E-state index in [9.17, 15) is 14.4 Å². The van der Waals surface area contributed by atoms with Gasteiger partial charge in [-0.05, 0) is 30.7 Å². The third-order valence-electron chi connectivity index (χ3n) is 4.04. The number of hydrogen-bond acceptors (Lipinski definition) is 6. The maximum atomic E-state index is 12.7. The molecule has 1 aromatic carbocycles. The molecule has 10 heteroatoms. The number of rotatable bonds is 5. The molecule has 4 aromatic rings. The number of carbonyl (C=O) groups is 2. The molecule has 4 rings (SSSR count). The number of fused-ring (bicyclic) bond motifs is 2. The zero-order chi connectivity index (χ0) is 19.7. The number of nitrogens with zero attached hydrogens (tertiary/aromatic N) is 2. The van der Waals surface area contributed by atoms with Crippen molar-refractivity contribution >= 4 is 55.4 Å². The molecule has 0 atom stereocenters. The van der Waals surface area contributed by atoms with Crippen LogP contribution in [0.4, 0.5) is 10.8 Å². The molecule has 3 heterocycles. The first-order chi connectivity index (χ1) is 13.5. The molecule has 2 amide bonds. The average molecular weight is 396 g/mol. The van der Waals surface area contributed by atoms with Gasteiger partial charge in [-0.15, -0.1) is 0 Å². The smallest absolute Gasteiger partial charge is 0.322 e. The van der Waals surface area contributed by atoms with Gasteiger partial charge >= 0.3 is 5.69 Å². The summed E-state index contributed by atoms with van der Waals surface area (Å²) in [6, 6.07) is 6.83. The van der Waals surface area contributed by atoms with Crippen LogP contribution in [0.3, 0.4) is 0 Å². The fourth-order valence-electron chi connectivity index (χ4n) is 2.79. The Kier molecular flexibility index (Phi) is 4.62. The quantitative estimate of drug-likeness (QED) is 0.412. The summed E-state index contributed by atoms with van der Waals surface area (Å²) < 4.78 is 0.833. The number of thiazole rings is 1. The highest BCUT2D eigenvalue weighted by Crippen LogP contribution is 2.29. The van der Waals surface area contributed by atoms with E-state index in [0.29, 0.717) is 34.0 Å². The van der Waals surface area contributed by atoms with Crippen molar-refractivity contribution in [2.45, 2.75) is 19.8 Å². The van der Waals surface area contributed by atoms with Crippen LogP contribution in [0.15, 0.2) is 35.3 Å². The fraction of sp³-hybridized carbons (Fsp3) is 0.167. The van der Waals surface area contributed by atoms with Crippen molar-refractivity contribution in [3.05, 3.63) is 46.5 Å². The van der Waals surface area contributed by atoms with E-state index in [0.717, 1.165) is 16.6 Å². The molecule has 0 radical (unpaired) electrons. The molecule has 0 unspecified atom stereocenters. The van der Waals surface area contributed by atoms with E-state index in [1.54, 1.807) is 18.2 Å². The van der Waals surface area contributed by atoms with E-state index < -0.39 is 5.69 Å². The molecule has 28 heavy (non-hydrogen) atoms.